The number of carbonyl (C=O) groups is 1. The van der Waals surface area contributed by atoms with Crippen molar-refractivity contribution in [3.63, 3.8) is 0 Å². The fourth-order valence-corrected chi connectivity index (χ4v) is 3.30. The van der Waals surface area contributed by atoms with Gasteiger partial charge in [0.05, 0.1) is 5.38 Å². The summed E-state index contributed by atoms with van der Waals surface area (Å²) >= 11 is 12.6. The Morgan fingerprint density at radius 3 is 2.76 bits per heavy atom. The highest BCUT2D eigenvalue weighted by molar-refractivity contribution is 6.30. The molecule has 0 saturated carbocycles. The summed E-state index contributed by atoms with van der Waals surface area (Å²) in [6, 6.07) is 11.6. The monoisotopic (exact) mass is 319 g/mol. The maximum Gasteiger partial charge on any atom is 0.251 e. The minimum Gasteiger partial charge on any atom is -0.352 e. The molecule has 3 rings (SSSR count). The lowest BCUT2D eigenvalue weighted by Crippen LogP contribution is -2.31. The third-order valence-corrected chi connectivity index (χ3v) is 4.58. The number of hydrogen-bond acceptors (Lipinski definition) is 1. The number of alkyl halides is 1. The maximum atomic E-state index is 11.9. The Kier molecular flexibility index (Phi) is 3.92. The van der Waals surface area contributed by atoms with Crippen LogP contribution in [-0.4, -0.2) is 12.5 Å². The quantitative estimate of drug-likeness (QED) is 0.823. The van der Waals surface area contributed by atoms with Crippen LogP contribution >= 0.6 is 23.2 Å². The standard InChI is InChI=1S/C17H15Cl2NO/c1-10-8-13(18)4-5-14(10)16(19)12-3-2-11-6-7-20-17(21)15(11)9-12/h2-5,8-9,16H,6-7H2,1H3,(H,20,21). The predicted molar refractivity (Wildman–Crippen MR) is 86.4 cm³/mol. The lowest BCUT2D eigenvalue weighted by molar-refractivity contribution is 0.0946. The average Bonchev–Trinajstić information content (AvgIpc) is 2.47. The van der Waals surface area contributed by atoms with E-state index in [1.807, 2.05) is 43.3 Å². The number of fused-ring (bicyclic) bond motifs is 1. The summed E-state index contributed by atoms with van der Waals surface area (Å²) in [7, 11) is 0. The van der Waals surface area contributed by atoms with Gasteiger partial charge in [-0.05, 0) is 53.8 Å². The van der Waals surface area contributed by atoms with Crippen molar-refractivity contribution in [1.29, 1.82) is 0 Å². The molecule has 1 aliphatic heterocycles. The fraction of sp³-hybridized carbons (Fsp3) is 0.235. The minimum absolute atomic E-state index is 0.0187. The summed E-state index contributed by atoms with van der Waals surface area (Å²) in [6.07, 6.45) is 0.869. The van der Waals surface area contributed by atoms with Crippen LogP contribution < -0.4 is 5.32 Å². The average molecular weight is 320 g/mol. The molecule has 108 valence electrons. The zero-order valence-electron chi connectivity index (χ0n) is 11.6. The number of amides is 1. The lowest BCUT2D eigenvalue weighted by Gasteiger charge is -2.19. The van der Waals surface area contributed by atoms with E-state index in [-0.39, 0.29) is 11.3 Å². The van der Waals surface area contributed by atoms with Gasteiger partial charge in [-0.1, -0.05) is 29.8 Å². The van der Waals surface area contributed by atoms with Gasteiger partial charge in [-0.2, -0.15) is 0 Å². The van der Waals surface area contributed by atoms with Crippen molar-refractivity contribution in [3.05, 3.63) is 69.2 Å². The van der Waals surface area contributed by atoms with Crippen LogP contribution in [0.3, 0.4) is 0 Å². The molecule has 4 heteroatoms. The summed E-state index contributed by atoms with van der Waals surface area (Å²) in [6.45, 7) is 2.69. The number of aryl methyl sites for hydroxylation is 1. The summed E-state index contributed by atoms with van der Waals surface area (Å²) in [4.78, 5) is 11.9. The molecule has 1 N–H and O–H groups in total. The van der Waals surface area contributed by atoms with Crippen LogP contribution in [0.15, 0.2) is 36.4 Å². The number of rotatable bonds is 2. The summed E-state index contributed by atoms with van der Waals surface area (Å²) in [5.41, 5.74) is 4.80. The van der Waals surface area contributed by atoms with Gasteiger partial charge in [0.25, 0.3) is 5.91 Å². The molecule has 2 aromatic rings. The smallest absolute Gasteiger partial charge is 0.251 e. The van der Waals surface area contributed by atoms with Gasteiger partial charge in [0.2, 0.25) is 0 Å². The van der Waals surface area contributed by atoms with Crippen molar-refractivity contribution in [1.82, 2.24) is 5.32 Å². The van der Waals surface area contributed by atoms with Crippen LogP contribution in [0.2, 0.25) is 5.02 Å². The van der Waals surface area contributed by atoms with Gasteiger partial charge >= 0.3 is 0 Å². The Balaban J connectivity index is 2.00. The number of benzene rings is 2. The minimum atomic E-state index is -0.290. The molecule has 1 unspecified atom stereocenters. The first kappa shape index (κ1) is 14.4. The third kappa shape index (κ3) is 2.78. The largest absolute Gasteiger partial charge is 0.352 e. The predicted octanol–water partition coefficient (Wildman–Crippen LogP) is 4.26. The fourth-order valence-electron chi connectivity index (χ4n) is 2.69. The summed E-state index contributed by atoms with van der Waals surface area (Å²) < 4.78 is 0. The Hall–Kier alpha value is -1.51. The van der Waals surface area contributed by atoms with Crippen LogP contribution in [-0.2, 0) is 6.42 Å². The zero-order valence-corrected chi connectivity index (χ0v) is 13.1. The second-order valence-corrected chi connectivity index (χ2v) is 6.16. The van der Waals surface area contributed by atoms with Gasteiger partial charge in [0, 0.05) is 17.1 Å². The van der Waals surface area contributed by atoms with Gasteiger partial charge in [0.1, 0.15) is 0 Å². The van der Waals surface area contributed by atoms with E-state index in [0.29, 0.717) is 11.6 Å². The van der Waals surface area contributed by atoms with E-state index in [9.17, 15) is 4.79 Å². The van der Waals surface area contributed by atoms with Crippen molar-refractivity contribution < 1.29 is 4.79 Å². The first-order valence-electron chi connectivity index (χ1n) is 6.87. The highest BCUT2D eigenvalue weighted by Crippen LogP contribution is 2.33. The Bertz CT molecular complexity index is 712. The molecular weight excluding hydrogens is 305 g/mol. The molecule has 0 fully saturated rings. The van der Waals surface area contributed by atoms with E-state index in [4.69, 9.17) is 23.2 Å². The van der Waals surface area contributed by atoms with Gasteiger partial charge in [-0.25, -0.2) is 0 Å². The Labute approximate surface area is 134 Å². The molecule has 0 spiro atoms. The van der Waals surface area contributed by atoms with E-state index < -0.39 is 0 Å². The number of nitrogens with one attached hydrogen (secondary N) is 1. The summed E-state index contributed by atoms with van der Waals surface area (Å²) in [5, 5.41) is 3.27. The summed E-state index contributed by atoms with van der Waals surface area (Å²) in [5.74, 6) is -0.0187. The Morgan fingerprint density at radius 2 is 2.00 bits per heavy atom. The van der Waals surface area contributed by atoms with Crippen LogP contribution in [0, 0.1) is 6.92 Å². The van der Waals surface area contributed by atoms with Crippen molar-refractivity contribution in [2.75, 3.05) is 6.54 Å². The van der Waals surface area contributed by atoms with E-state index >= 15 is 0 Å². The van der Waals surface area contributed by atoms with Crippen LogP contribution in [0.5, 0.6) is 0 Å². The van der Waals surface area contributed by atoms with Crippen LogP contribution in [0.1, 0.15) is 38.0 Å². The molecule has 0 aromatic heterocycles. The van der Waals surface area contributed by atoms with Gasteiger partial charge in [0.15, 0.2) is 0 Å². The first-order valence-corrected chi connectivity index (χ1v) is 7.69. The first-order chi connectivity index (χ1) is 10.1. The molecule has 1 aliphatic rings. The second-order valence-electron chi connectivity index (χ2n) is 5.29. The van der Waals surface area contributed by atoms with Crippen molar-refractivity contribution >= 4 is 29.1 Å². The molecule has 1 atom stereocenters. The topological polar surface area (TPSA) is 29.1 Å². The number of carbonyl (C=O) groups excluding carboxylic acids is 1. The highest BCUT2D eigenvalue weighted by atomic mass is 35.5. The van der Waals surface area contributed by atoms with Gasteiger partial charge < -0.3 is 5.32 Å². The van der Waals surface area contributed by atoms with E-state index in [2.05, 4.69) is 5.32 Å². The highest BCUT2D eigenvalue weighted by Gasteiger charge is 2.20. The molecule has 0 saturated heterocycles. The Morgan fingerprint density at radius 1 is 1.19 bits per heavy atom. The number of hydrogen-bond donors (Lipinski definition) is 1. The number of halogens is 2. The van der Waals surface area contributed by atoms with Crippen molar-refractivity contribution in [3.8, 4) is 0 Å². The third-order valence-electron chi connectivity index (χ3n) is 3.86. The second kappa shape index (κ2) is 5.70. The van der Waals surface area contributed by atoms with Crippen LogP contribution in [0.25, 0.3) is 0 Å². The molecule has 1 heterocycles. The molecule has 2 nitrogen and oxygen atoms in total. The molecule has 2 aromatic carbocycles. The molecule has 0 radical (unpaired) electrons. The SMILES string of the molecule is Cc1cc(Cl)ccc1C(Cl)c1ccc2c(c1)C(=O)NCC2. The molecule has 0 bridgehead atoms. The van der Waals surface area contributed by atoms with E-state index in [1.54, 1.807) is 0 Å². The molecule has 21 heavy (non-hydrogen) atoms. The van der Waals surface area contributed by atoms with Crippen LogP contribution in [0.4, 0.5) is 0 Å². The van der Waals surface area contributed by atoms with E-state index in [0.717, 1.165) is 34.2 Å². The van der Waals surface area contributed by atoms with Crippen molar-refractivity contribution in [2.45, 2.75) is 18.7 Å². The molecule has 0 aliphatic carbocycles. The van der Waals surface area contributed by atoms with Gasteiger partial charge in [-0.3, -0.25) is 4.79 Å². The normalized spacial score (nSPS) is 15.3. The molecular formula is C17H15Cl2NO. The molecule has 1 amide bonds. The zero-order chi connectivity index (χ0) is 15.0. The van der Waals surface area contributed by atoms with Crippen molar-refractivity contribution in [2.24, 2.45) is 0 Å². The van der Waals surface area contributed by atoms with Gasteiger partial charge in [-0.15, -0.1) is 11.6 Å². The maximum absolute atomic E-state index is 11.9. The van der Waals surface area contributed by atoms with E-state index in [1.165, 1.54) is 0 Å². The lowest BCUT2D eigenvalue weighted by atomic mass is 9.94.